The van der Waals surface area contributed by atoms with Gasteiger partial charge >= 0.3 is 0 Å². The van der Waals surface area contributed by atoms with Crippen LogP contribution in [0.1, 0.15) is 37.1 Å². The molecule has 2 saturated heterocycles. The Morgan fingerprint density at radius 1 is 1.05 bits per heavy atom. The van der Waals surface area contributed by atoms with E-state index in [-0.39, 0.29) is 16.7 Å². The number of nitrogens with one attached hydrogen (secondary N) is 1. The van der Waals surface area contributed by atoms with Gasteiger partial charge in [0.1, 0.15) is 0 Å². The van der Waals surface area contributed by atoms with Crippen molar-refractivity contribution in [2.45, 2.75) is 44.0 Å². The van der Waals surface area contributed by atoms with Crippen molar-refractivity contribution in [3.8, 4) is 22.9 Å². The van der Waals surface area contributed by atoms with Gasteiger partial charge in [0, 0.05) is 30.9 Å². The summed E-state index contributed by atoms with van der Waals surface area (Å²) in [7, 11) is -0.437. The van der Waals surface area contributed by atoms with E-state index in [9.17, 15) is 13.2 Å². The third-order valence-corrected chi connectivity index (χ3v) is 9.52. The van der Waals surface area contributed by atoms with Gasteiger partial charge in [-0.15, -0.1) is 0 Å². The number of anilines is 1. The fourth-order valence-corrected chi connectivity index (χ4v) is 7.05. The van der Waals surface area contributed by atoms with E-state index in [0.29, 0.717) is 60.6 Å². The fraction of sp³-hybridized carbons (Fsp3) is 0.464. The highest BCUT2D eigenvalue weighted by atomic mass is 32.2. The maximum atomic E-state index is 13.2. The molecule has 1 amide bonds. The van der Waals surface area contributed by atoms with Crippen molar-refractivity contribution in [3.63, 3.8) is 0 Å². The molecule has 1 aromatic heterocycles. The second kappa shape index (κ2) is 11.9. The Hall–Kier alpha value is -3.48. The minimum absolute atomic E-state index is 0.130. The molecule has 3 aromatic rings. The number of aryl methyl sites for hydroxylation is 1. The number of methoxy groups -OCH3 is 2. The molecular weight excluding hydrogens is 534 g/mol. The third kappa shape index (κ3) is 5.98. The second-order valence-corrected chi connectivity index (χ2v) is 12.1. The average molecular weight is 570 g/mol. The molecule has 2 aliphatic heterocycles. The first-order valence-corrected chi connectivity index (χ1v) is 14.9. The molecule has 0 bridgehead atoms. The molecule has 214 valence electrons. The van der Waals surface area contributed by atoms with Crippen LogP contribution in [-0.2, 0) is 21.4 Å². The van der Waals surface area contributed by atoms with E-state index in [1.807, 2.05) is 6.07 Å². The topological polar surface area (TPSA) is 127 Å². The number of sulfonamides is 1. The molecule has 1 atom stereocenters. The van der Waals surface area contributed by atoms with Gasteiger partial charge in [0.25, 0.3) is 0 Å². The number of amides is 1. The van der Waals surface area contributed by atoms with Crippen LogP contribution in [-0.4, -0.2) is 74.1 Å². The number of aromatic nitrogens is 2. The summed E-state index contributed by atoms with van der Waals surface area (Å²) in [6, 6.07) is 10.5. The molecule has 0 spiro atoms. The molecule has 1 N–H and O–H groups in total. The van der Waals surface area contributed by atoms with Gasteiger partial charge in [0.2, 0.25) is 27.6 Å². The van der Waals surface area contributed by atoms with Crippen molar-refractivity contribution in [1.29, 1.82) is 0 Å². The van der Waals surface area contributed by atoms with Gasteiger partial charge in [-0.25, -0.2) is 8.42 Å². The first kappa shape index (κ1) is 28.1. The van der Waals surface area contributed by atoms with Gasteiger partial charge in [-0.2, -0.15) is 9.29 Å². The molecule has 40 heavy (non-hydrogen) atoms. The van der Waals surface area contributed by atoms with Crippen LogP contribution in [0.15, 0.2) is 45.8 Å². The van der Waals surface area contributed by atoms with Crippen LogP contribution in [0.2, 0.25) is 0 Å². The number of nitrogens with zero attached hydrogens (tertiary/aromatic N) is 4. The fourth-order valence-electron chi connectivity index (χ4n) is 5.28. The molecule has 2 fully saturated rings. The zero-order chi connectivity index (χ0) is 28.3. The molecular formula is C28H35N5O6S. The lowest BCUT2D eigenvalue weighted by atomic mass is 9.97. The molecule has 2 aromatic carbocycles. The van der Waals surface area contributed by atoms with E-state index in [1.165, 1.54) is 4.31 Å². The van der Waals surface area contributed by atoms with E-state index >= 15 is 0 Å². The smallest absolute Gasteiger partial charge is 0.243 e. The summed E-state index contributed by atoms with van der Waals surface area (Å²) in [6.45, 7) is 4.61. The van der Waals surface area contributed by atoms with Crippen LogP contribution in [0.3, 0.4) is 0 Å². The number of hydrogen-bond donors (Lipinski definition) is 1. The lowest BCUT2D eigenvalue weighted by Gasteiger charge is -2.30. The molecule has 2 aliphatic rings. The predicted molar refractivity (Wildman–Crippen MR) is 149 cm³/mol. The summed E-state index contributed by atoms with van der Waals surface area (Å²) in [5.41, 5.74) is 1.90. The second-order valence-electron chi connectivity index (χ2n) is 10.2. The third-order valence-electron chi connectivity index (χ3n) is 7.48. The monoisotopic (exact) mass is 569 g/mol. The molecule has 1 unspecified atom stereocenters. The van der Waals surface area contributed by atoms with Crippen molar-refractivity contribution < 1.29 is 27.2 Å². The highest BCUT2D eigenvalue weighted by Crippen LogP contribution is 2.32. The number of hydrogen-bond acceptors (Lipinski definition) is 9. The van der Waals surface area contributed by atoms with Crippen LogP contribution in [0.4, 0.5) is 5.69 Å². The Morgan fingerprint density at radius 3 is 2.58 bits per heavy atom. The summed E-state index contributed by atoms with van der Waals surface area (Å²) >= 11 is 0. The zero-order valence-electron chi connectivity index (χ0n) is 23.1. The van der Waals surface area contributed by atoms with E-state index in [4.69, 9.17) is 14.0 Å². The summed E-state index contributed by atoms with van der Waals surface area (Å²) in [5.74, 6) is 1.72. The Labute approximate surface area is 234 Å². The number of piperidine rings is 1. The number of carbonyl (C=O) groups excluding carboxylic acids is 1. The van der Waals surface area contributed by atoms with Gasteiger partial charge in [0.05, 0.1) is 31.6 Å². The number of ether oxygens (including phenoxy) is 2. The lowest BCUT2D eigenvalue weighted by molar-refractivity contribution is -0.121. The van der Waals surface area contributed by atoms with Crippen molar-refractivity contribution in [2.24, 2.45) is 5.92 Å². The summed E-state index contributed by atoms with van der Waals surface area (Å²) in [5, 5.41) is 7.07. The summed E-state index contributed by atoms with van der Waals surface area (Å²) in [6.07, 6.45) is 3.33. The van der Waals surface area contributed by atoms with Gasteiger partial charge < -0.3 is 19.3 Å². The van der Waals surface area contributed by atoms with Crippen molar-refractivity contribution >= 4 is 21.6 Å². The molecule has 0 radical (unpaired) electrons. The SMILES string of the molecule is COc1ccc(-c2noc(CN3CCCC(C(=O)Nc4ccc(C)c(S(=O)(=O)N5CCCC5)c4)C3)n2)cc1OC. The number of rotatable bonds is 9. The van der Waals surface area contributed by atoms with Crippen molar-refractivity contribution in [1.82, 2.24) is 19.3 Å². The lowest BCUT2D eigenvalue weighted by Crippen LogP contribution is -2.40. The van der Waals surface area contributed by atoms with Gasteiger partial charge in [-0.1, -0.05) is 11.2 Å². The van der Waals surface area contributed by atoms with Gasteiger partial charge in [-0.3, -0.25) is 9.69 Å². The molecule has 0 aliphatic carbocycles. The highest BCUT2D eigenvalue weighted by molar-refractivity contribution is 7.89. The quantitative estimate of drug-likeness (QED) is 0.410. The predicted octanol–water partition coefficient (Wildman–Crippen LogP) is 3.70. The molecule has 3 heterocycles. The zero-order valence-corrected chi connectivity index (χ0v) is 23.9. The standard InChI is InChI=1S/C28H35N5O6S/c1-19-8-10-22(16-25(19)40(35,36)33-13-4-5-14-33)29-28(34)21-7-6-12-32(17-21)18-26-30-27(31-39-26)20-9-11-23(37-2)24(15-20)38-3/h8-11,15-16,21H,4-7,12-14,17-18H2,1-3H3,(H,29,34). The highest BCUT2D eigenvalue weighted by Gasteiger charge is 2.30. The maximum absolute atomic E-state index is 13.2. The molecule has 11 nitrogen and oxygen atoms in total. The van der Waals surface area contributed by atoms with Crippen LogP contribution in [0.25, 0.3) is 11.4 Å². The van der Waals surface area contributed by atoms with Crippen LogP contribution in [0, 0.1) is 12.8 Å². The largest absolute Gasteiger partial charge is 0.493 e. The normalized spacial score (nSPS) is 18.5. The number of carbonyl (C=O) groups is 1. The van der Waals surface area contributed by atoms with E-state index in [1.54, 1.807) is 51.5 Å². The van der Waals surface area contributed by atoms with Gasteiger partial charge in [0.15, 0.2) is 11.5 Å². The van der Waals surface area contributed by atoms with E-state index in [2.05, 4.69) is 20.4 Å². The molecule has 0 saturated carbocycles. The van der Waals surface area contributed by atoms with Crippen LogP contribution in [0.5, 0.6) is 11.5 Å². The van der Waals surface area contributed by atoms with Crippen LogP contribution < -0.4 is 14.8 Å². The molecule has 12 heteroatoms. The Kier molecular flexibility index (Phi) is 8.38. The Morgan fingerprint density at radius 2 is 1.82 bits per heavy atom. The molecule has 5 rings (SSSR count). The van der Waals surface area contributed by atoms with Crippen LogP contribution >= 0.6 is 0 Å². The summed E-state index contributed by atoms with van der Waals surface area (Å²) in [4.78, 5) is 20.1. The minimum atomic E-state index is -3.58. The minimum Gasteiger partial charge on any atom is -0.493 e. The average Bonchev–Trinajstić information content (AvgIpc) is 3.67. The van der Waals surface area contributed by atoms with Gasteiger partial charge in [-0.05, 0) is 75.0 Å². The number of likely N-dealkylation sites (tertiary alicyclic amines) is 1. The number of benzene rings is 2. The van der Waals surface area contributed by atoms with Crippen molar-refractivity contribution in [3.05, 3.63) is 47.9 Å². The summed E-state index contributed by atoms with van der Waals surface area (Å²) < 4.78 is 44.0. The van der Waals surface area contributed by atoms with E-state index in [0.717, 1.165) is 37.8 Å². The Bertz CT molecular complexity index is 1470. The first-order chi connectivity index (χ1) is 19.3. The maximum Gasteiger partial charge on any atom is 0.243 e. The first-order valence-electron chi connectivity index (χ1n) is 13.5. The Balaban J connectivity index is 1.22. The van der Waals surface area contributed by atoms with Crippen molar-refractivity contribution in [2.75, 3.05) is 45.7 Å². The van der Waals surface area contributed by atoms with E-state index < -0.39 is 10.0 Å².